The predicted octanol–water partition coefficient (Wildman–Crippen LogP) is 4.33. The minimum Gasteiger partial charge on any atom is -0.350 e. The van der Waals surface area contributed by atoms with E-state index in [2.05, 4.69) is 22.4 Å². The van der Waals surface area contributed by atoms with E-state index in [0.717, 1.165) is 36.4 Å². The zero-order chi connectivity index (χ0) is 16.1. The van der Waals surface area contributed by atoms with Crippen LogP contribution in [0.4, 0.5) is 0 Å². The van der Waals surface area contributed by atoms with E-state index in [1.807, 2.05) is 30.3 Å². The van der Waals surface area contributed by atoms with Crippen LogP contribution in [0.1, 0.15) is 42.9 Å². The fraction of sp³-hybridized carbons (Fsp3) is 0.368. The first-order valence-corrected chi connectivity index (χ1v) is 8.53. The lowest BCUT2D eigenvalue weighted by Gasteiger charge is -2.28. The van der Waals surface area contributed by atoms with Crippen molar-refractivity contribution in [1.29, 1.82) is 0 Å². The van der Waals surface area contributed by atoms with Crippen molar-refractivity contribution < 1.29 is 4.79 Å². The van der Waals surface area contributed by atoms with Crippen LogP contribution in [0.5, 0.6) is 0 Å². The predicted molar refractivity (Wildman–Crippen MR) is 92.2 cm³/mol. The number of carbonyl (C=O) groups is 1. The molecule has 1 heterocycles. The van der Waals surface area contributed by atoms with Crippen molar-refractivity contribution in [3.8, 4) is 0 Å². The summed E-state index contributed by atoms with van der Waals surface area (Å²) in [6, 6.07) is 13.8. The minimum atomic E-state index is 0.127. The lowest BCUT2D eigenvalue weighted by molar-refractivity contribution is -0.126. The summed E-state index contributed by atoms with van der Waals surface area (Å²) in [5, 5.41) is 3.79. The van der Waals surface area contributed by atoms with Gasteiger partial charge in [0.1, 0.15) is 0 Å². The van der Waals surface area contributed by atoms with Crippen LogP contribution in [0.15, 0.2) is 48.7 Å². The number of carbonyl (C=O) groups excluding carboxylic acids is 1. The zero-order valence-corrected chi connectivity index (χ0v) is 13.8. The van der Waals surface area contributed by atoms with E-state index in [1.165, 1.54) is 5.56 Å². The van der Waals surface area contributed by atoms with Crippen LogP contribution in [0, 0.1) is 5.92 Å². The molecule has 0 spiro atoms. The number of aromatic nitrogens is 1. The summed E-state index contributed by atoms with van der Waals surface area (Å²) in [6.45, 7) is 0.511. The first kappa shape index (κ1) is 16.0. The first-order valence-electron chi connectivity index (χ1n) is 8.15. The highest BCUT2D eigenvalue weighted by molar-refractivity contribution is 6.30. The van der Waals surface area contributed by atoms with Gasteiger partial charge in [0.05, 0.1) is 12.2 Å². The molecule has 1 amide bonds. The maximum Gasteiger partial charge on any atom is 0.223 e. The van der Waals surface area contributed by atoms with E-state index in [-0.39, 0.29) is 11.8 Å². The van der Waals surface area contributed by atoms with Gasteiger partial charge in [0.25, 0.3) is 0 Å². The Bertz CT molecular complexity index is 634. The zero-order valence-electron chi connectivity index (χ0n) is 13.0. The van der Waals surface area contributed by atoms with Crippen LogP contribution >= 0.6 is 11.6 Å². The van der Waals surface area contributed by atoms with Crippen molar-refractivity contribution in [2.45, 2.75) is 38.1 Å². The lowest BCUT2D eigenvalue weighted by Crippen LogP contribution is -2.32. The molecule has 0 unspecified atom stereocenters. The van der Waals surface area contributed by atoms with Gasteiger partial charge in [-0.3, -0.25) is 9.78 Å². The van der Waals surface area contributed by atoms with E-state index in [1.54, 1.807) is 6.20 Å². The van der Waals surface area contributed by atoms with E-state index < -0.39 is 0 Å². The van der Waals surface area contributed by atoms with E-state index in [9.17, 15) is 4.79 Å². The molecule has 1 fully saturated rings. The summed E-state index contributed by atoms with van der Waals surface area (Å²) in [5.41, 5.74) is 2.23. The van der Waals surface area contributed by atoms with Crippen molar-refractivity contribution in [2.75, 3.05) is 0 Å². The smallest absolute Gasteiger partial charge is 0.223 e. The van der Waals surface area contributed by atoms with Gasteiger partial charge in [-0.1, -0.05) is 29.8 Å². The van der Waals surface area contributed by atoms with Gasteiger partial charge < -0.3 is 5.32 Å². The molecule has 0 radical (unpaired) electrons. The summed E-state index contributed by atoms with van der Waals surface area (Å²) >= 11 is 5.94. The Morgan fingerprint density at radius 1 is 1.09 bits per heavy atom. The fourth-order valence-corrected chi connectivity index (χ4v) is 3.37. The Balaban J connectivity index is 1.48. The highest BCUT2D eigenvalue weighted by Crippen LogP contribution is 2.36. The molecule has 1 aliphatic carbocycles. The van der Waals surface area contributed by atoms with Crippen molar-refractivity contribution >= 4 is 17.5 Å². The van der Waals surface area contributed by atoms with Crippen molar-refractivity contribution in [1.82, 2.24) is 10.3 Å². The number of nitrogens with one attached hydrogen (secondary N) is 1. The molecule has 3 rings (SSSR count). The van der Waals surface area contributed by atoms with Gasteiger partial charge in [-0.15, -0.1) is 0 Å². The molecule has 0 atom stereocenters. The summed E-state index contributed by atoms with van der Waals surface area (Å²) in [4.78, 5) is 16.5. The molecule has 4 heteroatoms. The fourth-order valence-electron chi connectivity index (χ4n) is 3.25. The minimum absolute atomic E-state index is 0.127. The van der Waals surface area contributed by atoms with Crippen LogP contribution in [0.2, 0.25) is 5.02 Å². The molecule has 1 aromatic carbocycles. The molecule has 2 aromatic rings. The van der Waals surface area contributed by atoms with Gasteiger partial charge in [-0.2, -0.15) is 0 Å². The normalized spacial score (nSPS) is 20.9. The largest absolute Gasteiger partial charge is 0.350 e. The average Bonchev–Trinajstić information content (AvgIpc) is 2.61. The Morgan fingerprint density at radius 2 is 1.83 bits per heavy atom. The molecule has 120 valence electrons. The van der Waals surface area contributed by atoms with Gasteiger partial charge >= 0.3 is 0 Å². The summed E-state index contributed by atoms with van der Waals surface area (Å²) in [5.74, 6) is 0.833. The molecule has 3 nitrogen and oxygen atoms in total. The number of hydrogen-bond donors (Lipinski definition) is 1. The first-order chi connectivity index (χ1) is 11.2. The van der Waals surface area contributed by atoms with Crippen LogP contribution in [-0.4, -0.2) is 10.9 Å². The molecular formula is C19H21ClN2O. The number of halogens is 1. The maximum atomic E-state index is 12.3. The topological polar surface area (TPSA) is 42.0 Å². The highest BCUT2D eigenvalue weighted by Gasteiger charge is 2.26. The molecule has 0 bridgehead atoms. The van der Waals surface area contributed by atoms with Crippen molar-refractivity contribution in [2.24, 2.45) is 5.92 Å². The van der Waals surface area contributed by atoms with E-state index in [4.69, 9.17) is 11.6 Å². The lowest BCUT2D eigenvalue weighted by atomic mass is 9.78. The Hall–Kier alpha value is -1.87. The Kier molecular flexibility index (Phi) is 5.29. The molecule has 1 aromatic heterocycles. The quantitative estimate of drug-likeness (QED) is 0.907. The third kappa shape index (κ3) is 4.32. The number of amides is 1. The Labute approximate surface area is 142 Å². The second-order valence-electron chi connectivity index (χ2n) is 6.14. The standard InChI is InChI=1S/C19H21ClN2O/c20-17-10-8-15(9-11-17)14-4-6-16(7-5-14)19(23)22-13-18-3-1-2-12-21-18/h1-3,8-12,14,16H,4-7,13H2,(H,22,23). The number of nitrogens with zero attached hydrogens (tertiary/aromatic N) is 1. The van der Waals surface area contributed by atoms with Crippen LogP contribution in [-0.2, 0) is 11.3 Å². The van der Waals surface area contributed by atoms with Gasteiger partial charge in [0, 0.05) is 17.1 Å². The molecular weight excluding hydrogens is 308 g/mol. The van der Waals surface area contributed by atoms with Crippen molar-refractivity contribution in [3.63, 3.8) is 0 Å². The molecule has 0 aliphatic heterocycles. The average molecular weight is 329 g/mol. The Morgan fingerprint density at radius 3 is 2.48 bits per heavy atom. The number of benzene rings is 1. The van der Waals surface area contributed by atoms with Crippen LogP contribution in [0.3, 0.4) is 0 Å². The SMILES string of the molecule is O=C(NCc1ccccn1)C1CCC(c2ccc(Cl)cc2)CC1. The van der Waals surface area contributed by atoms with Crippen LogP contribution < -0.4 is 5.32 Å². The van der Waals surface area contributed by atoms with Gasteiger partial charge in [0.2, 0.25) is 5.91 Å². The highest BCUT2D eigenvalue weighted by atomic mass is 35.5. The summed E-state index contributed by atoms with van der Waals surface area (Å²) < 4.78 is 0. The van der Waals surface area contributed by atoms with E-state index >= 15 is 0 Å². The maximum absolute atomic E-state index is 12.3. The van der Waals surface area contributed by atoms with Crippen molar-refractivity contribution in [3.05, 3.63) is 64.9 Å². The third-order valence-corrected chi connectivity index (χ3v) is 4.86. The second kappa shape index (κ2) is 7.60. The second-order valence-corrected chi connectivity index (χ2v) is 6.58. The number of hydrogen-bond acceptors (Lipinski definition) is 2. The third-order valence-electron chi connectivity index (χ3n) is 4.61. The molecule has 0 saturated heterocycles. The summed E-state index contributed by atoms with van der Waals surface area (Å²) in [6.07, 6.45) is 5.76. The monoisotopic (exact) mass is 328 g/mol. The number of rotatable bonds is 4. The summed E-state index contributed by atoms with van der Waals surface area (Å²) in [7, 11) is 0. The van der Waals surface area contributed by atoms with Gasteiger partial charge in [-0.25, -0.2) is 0 Å². The van der Waals surface area contributed by atoms with Gasteiger partial charge in [-0.05, 0) is 61.4 Å². The number of pyridine rings is 1. The molecule has 1 N–H and O–H groups in total. The molecule has 1 aliphatic rings. The molecule has 1 saturated carbocycles. The van der Waals surface area contributed by atoms with Gasteiger partial charge in [0.15, 0.2) is 0 Å². The van der Waals surface area contributed by atoms with E-state index in [0.29, 0.717) is 12.5 Å². The molecule has 23 heavy (non-hydrogen) atoms. The van der Waals surface area contributed by atoms with Crippen LogP contribution in [0.25, 0.3) is 0 Å².